The van der Waals surface area contributed by atoms with Gasteiger partial charge in [-0.2, -0.15) is 0 Å². The molecule has 1 unspecified atom stereocenters. The molecule has 0 aliphatic carbocycles. The average Bonchev–Trinajstić information content (AvgIpc) is 2.42. The van der Waals surface area contributed by atoms with E-state index in [1.807, 2.05) is 30.9 Å². The minimum absolute atomic E-state index is 0.0128. The minimum Gasteiger partial charge on any atom is -0.484 e. The van der Waals surface area contributed by atoms with Gasteiger partial charge in [0.05, 0.1) is 6.10 Å². The van der Waals surface area contributed by atoms with Crippen LogP contribution in [0.2, 0.25) is 0 Å². The first-order valence-electron chi connectivity index (χ1n) is 7.51. The van der Waals surface area contributed by atoms with E-state index in [0.717, 1.165) is 12.1 Å². The number of hydrogen-bond donors (Lipinski definition) is 1. The second kappa shape index (κ2) is 8.03. The van der Waals surface area contributed by atoms with Crippen molar-refractivity contribution < 1.29 is 14.6 Å². The fourth-order valence-electron chi connectivity index (χ4n) is 2.09. The van der Waals surface area contributed by atoms with Gasteiger partial charge in [-0.25, -0.2) is 0 Å². The summed E-state index contributed by atoms with van der Waals surface area (Å²) in [6, 6.07) is 7.36. The molecule has 0 bridgehead atoms. The Labute approximate surface area is 127 Å². The van der Waals surface area contributed by atoms with Crippen LogP contribution in [0, 0.1) is 5.92 Å². The molecule has 0 aromatic heterocycles. The van der Waals surface area contributed by atoms with Crippen molar-refractivity contribution in [2.24, 2.45) is 5.92 Å². The fourth-order valence-corrected chi connectivity index (χ4v) is 2.09. The summed E-state index contributed by atoms with van der Waals surface area (Å²) in [4.78, 5) is 14.1. The second-order valence-electron chi connectivity index (χ2n) is 6.07. The molecule has 4 heteroatoms. The first-order valence-corrected chi connectivity index (χ1v) is 7.51. The molecular weight excluding hydrogens is 266 g/mol. The maximum absolute atomic E-state index is 12.3. The Morgan fingerprint density at radius 1 is 1.24 bits per heavy atom. The molecule has 0 aliphatic heterocycles. The number of nitrogens with zero attached hydrogens (tertiary/aromatic N) is 1. The van der Waals surface area contributed by atoms with Crippen molar-refractivity contribution in [3.05, 3.63) is 29.8 Å². The summed E-state index contributed by atoms with van der Waals surface area (Å²) < 4.78 is 5.57. The van der Waals surface area contributed by atoms with Gasteiger partial charge >= 0.3 is 0 Å². The zero-order valence-corrected chi connectivity index (χ0v) is 13.7. The molecule has 0 heterocycles. The number of carbonyl (C=O) groups is 1. The number of rotatable bonds is 7. The molecule has 1 rings (SSSR count). The van der Waals surface area contributed by atoms with Gasteiger partial charge in [-0.3, -0.25) is 4.79 Å². The second-order valence-corrected chi connectivity index (χ2v) is 6.07. The summed E-state index contributed by atoms with van der Waals surface area (Å²) in [5.74, 6) is 1.02. The van der Waals surface area contributed by atoms with Crippen LogP contribution in [0.5, 0.6) is 5.75 Å². The normalized spacial score (nSPS) is 12.6. The van der Waals surface area contributed by atoms with Gasteiger partial charge < -0.3 is 14.7 Å². The van der Waals surface area contributed by atoms with Crippen molar-refractivity contribution in [3.63, 3.8) is 0 Å². The smallest absolute Gasteiger partial charge is 0.260 e. The van der Waals surface area contributed by atoms with Gasteiger partial charge in [-0.15, -0.1) is 0 Å². The topological polar surface area (TPSA) is 49.8 Å². The summed E-state index contributed by atoms with van der Waals surface area (Å²) in [5.41, 5.74) is 0.780. The van der Waals surface area contributed by atoms with Crippen LogP contribution < -0.4 is 4.74 Å². The molecule has 1 aromatic carbocycles. The lowest BCUT2D eigenvalue weighted by atomic mass is 10.1. The van der Waals surface area contributed by atoms with Crippen molar-refractivity contribution in [1.82, 2.24) is 4.90 Å². The van der Waals surface area contributed by atoms with Gasteiger partial charge in [-0.1, -0.05) is 26.0 Å². The Kier molecular flexibility index (Phi) is 6.69. The maximum Gasteiger partial charge on any atom is 0.260 e. The van der Waals surface area contributed by atoms with Crippen molar-refractivity contribution in [2.75, 3.05) is 13.2 Å². The van der Waals surface area contributed by atoms with Crippen LogP contribution in [0.4, 0.5) is 0 Å². The molecule has 0 radical (unpaired) electrons. The van der Waals surface area contributed by atoms with Crippen molar-refractivity contribution in [3.8, 4) is 5.75 Å². The number of hydrogen-bond acceptors (Lipinski definition) is 3. The lowest BCUT2D eigenvalue weighted by Gasteiger charge is -2.28. The number of ether oxygens (including phenoxy) is 1. The number of amides is 1. The van der Waals surface area contributed by atoms with Crippen molar-refractivity contribution in [2.45, 2.75) is 46.8 Å². The predicted octanol–water partition coefficient (Wildman–Crippen LogP) is 3.01. The van der Waals surface area contributed by atoms with Gasteiger partial charge in [0.1, 0.15) is 5.75 Å². The van der Waals surface area contributed by atoms with E-state index in [1.54, 1.807) is 19.1 Å². The van der Waals surface area contributed by atoms with E-state index in [2.05, 4.69) is 13.8 Å². The van der Waals surface area contributed by atoms with Crippen LogP contribution in [-0.4, -0.2) is 35.1 Å². The zero-order chi connectivity index (χ0) is 16.0. The van der Waals surface area contributed by atoms with Crippen LogP contribution >= 0.6 is 0 Å². The molecule has 0 aliphatic rings. The quantitative estimate of drug-likeness (QED) is 0.840. The SMILES string of the molecule is CC(C)CN(C(=O)COc1cccc(C(C)O)c1)C(C)C. The minimum atomic E-state index is -0.544. The highest BCUT2D eigenvalue weighted by atomic mass is 16.5. The van der Waals surface area contributed by atoms with E-state index in [9.17, 15) is 9.90 Å². The molecular formula is C17H27NO3. The summed E-state index contributed by atoms with van der Waals surface area (Å²) in [7, 11) is 0. The Morgan fingerprint density at radius 3 is 2.43 bits per heavy atom. The van der Waals surface area contributed by atoms with Gasteiger partial charge in [-0.05, 0) is 44.4 Å². The van der Waals surface area contributed by atoms with Gasteiger partial charge in [0.2, 0.25) is 0 Å². The maximum atomic E-state index is 12.3. The number of aliphatic hydroxyl groups is 1. The molecule has 1 amide bonds. The molecule has 0 fully saturated rings. The molecule has 0 spiro atoms. The number of aliphatic hydroxyl groups excluding tert-OH is 1. The first kappa shape index (κ1) is 17.5. The Bertz CT molecular complexity index is 455. The molecule has 0 saturated carbocycles. The molecule has 1 N–H and O–H groups in total. The third-order valence-electron chi connectivity index (χ3n) is 3.21. The predicted molar refractivity (Wildman–Crippen MR) is 84.3 cm³/mol. The van der Waals surface area contributed by atoms with E-state index < -0.39 is 6.10 Å². The van der Waals surface area contributed by atoms with Gasteiger partial charge in [0, 0.05) is 12.6 Å². The average molecular weight is 293 g/mol. The highest BCUT2D eigenvalue weighted by Crippen LogP contribution is 2.19. The van der Waals surface area contributed by atoms with Gasteiger partial charge in [0.15, 0.2) is 6.61 Å². The fraction of sp³-hybridized carbons (Fsp3) is 0.588. The Hall–Kier alpha value is -1.55. The lowest BCUT2D eigenvalue weighted by Crippen LogP contribution is -2.42. The Balaban J connectivity index is 2.64. The number of benzene rings is 1. The zero-order valence-electron chi connectivity index (χ0n) is 13.7. The van der Waals surface area contributed by atoms with Gasteiger partial charge in [0.25, 0.3) is 5.91 Å². The van der Waals surface area contributed by atoms with Crippen LogP contribution in [0.25, 0.3) is 0 Å². The molecule has 21 heavy (non-hydrogen) atoms. The molecule has 1 atom stereocenters. The van der Waals surface area contributed by atoms with E-state index in [4.69, 9.17) is 4.74 Å². The molecule has 0 saturated heterocycles. The molecule has 4 nitrogen and oxygen atoms in total. The summed E-state index contributed by atoms with van der Waals surface area (Å²) in [5, 5.41) is 9.55. The largest absolute Gasteiger partial charge is 0.484 e. The number of carbonyl (C=O) groups excluding carboxylic acids is 1. The van der Waals surface area contributed by atoms with Crippen LogP contribution in [0.1, 0.15) is 46.3 Å². The van der Waals surface area contributed by atoms with Crippen LogP contribution in [0.15, 0.2) is 24.3 Å². The molecule has 118 valence electrons. The summed E-state index contributed by atoms with van der Waals surface area (Å²) in [6.45, 7) is 10.7. The summed E-state index contributed by atoms with van der Waals surface area (Å²) in [6.07, 6.45) is -0.544. The van der Waals surface area contributed by atoms with Crippen molar-refractivity contribution in [1.29, 1.82) is 0 Å². The van der Waals surface area contributed by atoms with Crippen LogP contribution in [0.3, 0.4) is 0 Å². The molecule has 1 aromatic rings. The standard InChI is InChI=1S/C17H27NO3/c1-12(2)10-18(13(3)4)17(20)11-21-16-8-6-7-15(9-16)14(5)19/h6-9,12-14,19H,10-11H2,1-5H3. The third kappa shape index (κ3) is 5.76. The van der Waals surface area contributed by atoms with E-state index in [0.29, 0.717) is 11.7 Å². The summed E-state index contributed by atoms with van der Waals surface area (Å²) >= 11 is 0. The van der Waals surface area contributed by atoms with Crippen molar-refractivity contribution >= 4 is 5.91 Å². The first-order chi connectivity index (χ1) is 9.81. The van der Waals surface area contributed by atoms with E-state index >= 15 is 0 Å². The monoisotopic (exact) mass is 293 g/mol. The van der Waals surface area contributed by atoms with Crippen LogP contribution in [-0.2, 0) is 4.79 Å². The highest BCUT2D eigenvalue weighted by molar-refractivity contribution is 5.78. The lowest BCUT2D eigenvalue weighted by molar-refractivity contribution is -0.135. The third-order valence-corrected chi connectivity index (χ3v) is 3.21. The Morgan fingerprint density at radius 2 is 1.90 bits per heavy atom. The van der Waals surface area contributed by atoms with E-state index in [1.165, 1.54) is 0 Å². The highest BCUT2D eigenvalue weighted by Gasteiger charge is 2.18. The van der Waals surface area contributed by atoms with E-state index in [-0.39, 0.29) is 18.6 Å².